The van der Waals surface area contributed by atoms with E-state index in [0.717, 1.165) is 10.2 Å². The maximum Gasteiger partial charge on any atom is 0.338 e. The van der Waals surface area contributed by atoms with E-state index in [9.17, 15) is 9.59 Å². The van der Waals surface area contributed by atoms with E-state index in [4.69, 9.17) is 14.2 Å². The second-order valence-corrected chi connectivity index (χ2v) is 6.21. The van der Waals surface area contributed by atoms with Gasteiger partial charge in [0.25, 0.3) is 5.91 Å². The maximum atomic E-state index is 12.1. The van der Waals surface area contributed by atoms with Gasteiger partial charge in [0, 0.05) is 0 Å². The number of nitrogens with zero attached hydrogens (tertiary/aromatic N) is 1. The number of benzene rings is 2. The molecule has 1 amide bonds. The Hall–Kier alpha value is -3.13. The number of amides is 1. The van der Waals surface area contributed by atoms with E-state index >= 15 is 0 Å². The van der Waals surface area contributed by atoms with Gasteiger partial charge in [-0.3, -0.25) is 10.1 Å². The molecule has 0 fully saturated rings. The third-order valence-corrected chi connectivity index (χ3v) is 4.45. The number of para-hydroxylation sites is 1. The molecule has 2 aromatic carbocycles. The summed E-state index contributed by atoms with van der Waals surface area (Å²) in [5, 5.41) is 3.08. The summed E-state index contributed by atoms with van der Waals surface area (Å²) in [5.74, 6) is -0.193. The van der Waals surface area contributed by atoms with Crippen molar-refractivity contribution in [3.8, 4) is 11.5 Å². The molecule has 0 aliphatic rings. The summed E-state index contributed by atoms with van der Waals surface area (Å²) >= 11 is 1.35. The Morgan fingerprint density at radius 3 is 2.58 bits per heavy atom. The Morgan fingerprint density at radius 1 is 1.08 bits per heavy atom. The molecular formula is C18H16N2O5S. The summed E-state index contributed by atoms with van der Waals surface area (Å²) in [6.07, 6.45) is 0. The van der Waals surface area contributed by atoms with Crippen molar-refractivity contribution < 1.29 is 23.8 Å². The van der Waals surface area contributed by atoms with Gasteiger partial charge in [-0.15, -0.1) is 0 Å². The van der Waals surface area contributed by atoms with Crippen molar-refractivity contribution in [2.45, 2.75) is 0 Å². The van der Waals surface area contributed by atoms with Crippen molar-refractivity contribution in [3.63, 3.8) is 0 Å². The fourth-order valence-electron chi connectivity index (χ4n) is 2.26. The molecule has 3 aromatic rings. The fourth-order valence-corrected chi connectivity index (χ4v) is 3.14. The van der Waals surface area contributed by atoms with Gasteiger partial charge in [-0.05, 0) is 30.3 Å². The number of hydrogen-bond acceptors (Lipinski definition) is 7. The lowest BCUT2D eigenvalue weighted by molar-refractivity contribution is -0.119. The SMILES string of the molecule is COc1ccc(C(=O)OCC(=O)Nc2nc3ccccc3s2)cc1OC. The van der Waals surface area contributed by atoms with Gasteiger partial charge in [-0.1, -0.05) is 23.5 Å². The third-order valence-electron chi connectivity index (χ3n) is 3.49. The highest BCUT2D eigenvalue weighted by atomic mass is 32.1. The average Bonchev–Trinajstić information content (AvgIpc) is 3.07. The van der Waals surface area contributed by atoms with Crippen LogP contribution in [0.2, 0.25) is 0 Å². The van der Waals surface area contributed by atoms with Crippen molar-refractivity contribution in [1.82, 2.24) is 4.98 Å². The van der Waals surface area contributed by atoms with Gasteiger partial charge in [-0.25, -0.2) is 9.78 Å². The molecular weight excluding hydrogens is 356 g/mol. The number of esters is 1. The standard InChI is InChI=1S/C18H16N2O5S/c1-23-13-8-7-11(9-14(13)24-2)17(22)25-10-16(21)20-18-19-12-5-3-4-6-15(12)26-18/h3-9H,10H2,1-2H3,(H,19,20,21). The van der Waals surface area contributed by atoms with Gasteiger partial charge in [0.1, 0.15) is 0 Å². The van der Waals surface area contributed by atoms with Crippen molar-refractivity contribution in [1.29, 1.82) is 0 Å². The quantitative estimate of drug-likeness (QED) is 0.669. The number of nitrogens with one attached hydrogen (secondary N) is 1. The molecule has 8 heteroatoms. The molecule has 0 spiro atoms. The largest absolute Gasteiger partial charge is 0.493 e. The minimum absolute atomic E-state index is 0.260. The van der Waals surface area contributed by atoms with Gasteiger partial charge in [0.05, 0.1) is 30.0 Å². The van der Waals surface area contributed by atoms with Crippen LogP contribution in [-0.4, -0.2) is 37.7 Å². The topological polar surface area (TPSA) is 86.8 Å². The van der Waals surface area contributed by atoms with E-state index in [1.165, 1.54) is 37.7 Å². The molecule has 0 aliphatic carbocycles. The highest BCUT2D eigenvalue weighted by Gasteiger charge is 2.14. The Labute approximate surface area is 153 Å². The van der Waals surface area contributed by atoms with E-state index in [1.54, 1.807) is 6.07 Å². The van der Waals surface area contributed by atoms with Crippen LogP contribution in [-0.2, 0) is 9.53 Å². The Morgan fingerprint density at radius 2 is 1.85 bits per heavy atom. The fraction of sp³-hybridized carbons (Fsp3) is 0.167. The number of rotatable bonds is 6. The van der Waals surface area contributed by atoms with Crippen LogP contribution in [0.15, 0.2) is 42.5 Å². The summed E-state index contributed by atoms with van der Waals surface area (Å²) in [4.78, 5) is 28.4. The lowest BCUT2D eigenvalue weighted by Crippen LogP contribution is -2.20. The van der Waals surface area contributed by atoms with Crippen molar-refractivity contribution in [2.24, 2.45) is 0 Å². The number of thiazole rings is 1. The molecule has 0 unspecified atom stereocenters. The molecule has 0 atom stereocenters. The predicted molar refractivity (Wildman–Crippen MR) is 98.1 cm³/mol. The summed E-state index contributed by atoms with van der Waals surface area (Å²) in [5.41, 5.74) is 1.06. The van der Waals surface area contributed by atoms with Gasteiger partial charge in [0.15, 0.2) is 23.2 Å². The molecule has 0 saturated heterocycles. The highest BCUT2D eigenvalue weighted by Crippen LogP contribution is 2.28. The third kappa shape index (κ3) is 3.92. The molecule has 0 aliphatic heterocycles. The summed E-state index contributed by atoms with van der Waals surface area (Å²) in [6, 6.07) is 12.2. The van der Waals surface area contributed by atoms with Crippen LogP contribution >= 0.6 is 11.3 Å². The van der Waals surface area contributed by atoms with Gasteiger partial charge in [0.2, 0.25) is 0 Å². The van der Waals surface area contributed by atoms with Crippen molar-refractivity contribution in [3.05, 3.63) is 48.0 Å². The zero-order valence-corrected chi connectivity index (χ0v) is 15.0. The monoisotopic (exact) mass is 372 g/mol. The van der Waals surface area contributed by atoms with Crippen LogP contribution in [0.25, 0.3) is 10.2 Å². The zero-order valence-electron chi connectivity index (χ0n) is 14.1. The van der Waals surface area contributed by atoms with Crippen LogP contribution in [0.5, 0.6) is 11.5 Å². The Balaban J connectivity index is 1.59. The van der Waals surface area contributed by atoms with Gasteiger partial charge >= 0.3 is 5.97 Å². The number of fused-ring (bicyclic) bond motifs is 1. The normalized spacial score (nSPS) is 10.4. The number of ether oxygens (including phenoxy) is 3. The van der Waals surface area contributed by atoms with Crippen LogP contribution in [0.4, 0.5) is 5.13 Å². The number of carbonyl (C=O) groups is 2. The number of anilines is 1. The van der Waals surface area contributed by atoms with Crippen LogP contribution in [0.3, 0.4) is 0 Å². The van der Waals surface area contributed by atoms with E-state index in [-0.39, 0.29) is 5.56 Å². The molecule has 1 aromatic heterocycles. The first-order chi connectivity index (χ1) is 12.6. The number of hydrogen-bond donors (Lipinski definition) is 1. The van der Waals surface area contributed by atoms with Crippen molar-refractivity contribution >= 4 is 38.6 Å². The molecule has 0 radical (unpaired) electrons. The molecule has 3 rings (SSSR count). The Bertz CT molecular complexity index is 921. The first-order valence-corrected chi connectivity index (χ1v) is 8.47. The Kier molecular flexibility index (Phi) is 5.33. The van der Waals surface area contributed by atoms with Gasteiger partial charge in [-0.2, -0.15) is 0 Å². The first-order valence-electron chi connectivity index (χ1n) is 7.65. The van der Waals surface area contributed by atoms with Crippen LogP contribution < -0.4 is 14.8 Å². The predicted octanol–water partition coefficient (Wildman–Crippen LogP) is 3.11. The van der Waals surface area contributed by atoms with Crippen molar-refractivity contribution in [2.75, 3.05) is 26.1 Å². The van der Waals surface area contributed by atoms with E-state index < -0.39 is 18.5 Å². The summed E-state index contributed by atoms with van der Waals surface area (Å²) in [6.45, 7) is -0.414. The molecule has 1 N–H and O–H groups in total. The lowest BCUT2D eigenvalue weighted by atomic mass is 10.2. The number of carbonyl (C=O) groups excluding carboxylic acids is 2. The molecule has 26 heavy (non-hydrogen) atoms. The summed E-state index contributed by atoms with van der Waals surface area (Å²) in [7, 11) is 2.97. The second-order valence-electron chi connectivity index (χ2n) is 5.18. The second kappa shape index (κ2) is 7.83. The smallest absolute Gasteiger partial charge is 0.338 e. The minimum atomic E-state index is -0.634. The first kappa shape index (κ1) is 17.7. The average molecular weight is 372 g/mol. The van der Waals surface area contributed by atoms with Crippen LogP contribution in [0.1, 0.15) is 10.4 Å². The molecule has 7 nitrogen and oxygen atoms in total. The van der Waals surface area contributed by atoms with Gasteiger partial charge < -0.3 is 14.2 Å². The van der Waals surface area contributed by atoms with E-state index in [1.807, 2.05) is 24.3 Å². The van der Waals surface area contributed by atoms with E-state index in [0.29, 0.717) is 16.6 Å². The van der Waals surface area contributed by atoms with E-state index in [2.05, 4.69) is 10.3 Å². The maximum absolute atomic E-state index is 12.1. The summed E-state index contributed by atoms with van der Waals surface area (Å²) < 4.78 is 16.3. The molecule has 0 bridgehead atoms. The lowest BCUT2D eigenvalue weighted by Gasteiger charge is -2.09. The molecule has 134 valence electrons. The number of methoxy groups -OCH3 is 2. The molecule has 1 heterocycles. The number of aromatic nitrogens is 1. The zero-order chi connectivity index (χ0) is 18.5. The molecule has 0 saturated carbocycles. The highest BCUT2D eigenvalue weighted by molar-refractivity contribution is 7.22. The van der Waals surface area contributed by atoms with Crippen LogP contribution in [0, 0.1) is 0 Å². The minimum Gasteiger partial charge on any atom is -0.493 e.